The van der Waals surface area contributed by atoms with Gasteiger partial charge in [0, 0.05) is 11.6 Å². The first-order valence-corrected chi connectivity index (χ1v) is 7.41. The maximum atomic E-state index is 9.03. The van der Waals surface area contributed by atoms with Gasteiger partial charge < -0.3 is 4.74 Å². The standard InChI is InChI=1S/C16H10Cl2N4O/c17-13-5-4-12(7-14(13)18)23-9-10-2-1-3-11(6-10)16-15(8-19)20-22-21-16/h1-7H,9H2,(H,20,21,22). The lowest BCUT2D eigenvalue weighted by Crippen LogP contribution is -1.96. The van der Waals surface area contributed by atoms with E-state index in [0.717, 1.165) is 11.1 Å². The molecule has 0 unspecified atom stereocenters. The van der Waals surface area contributed by atoms with Crippen molar-refractivity contribution in [3.05, 3.63) is 63.8 Å². The minimum Gasteiger partial charge on any atom is -0.489 e. The van der Waals surface area contributed by atoms with E-state index in [4.69, 9.17) is 33.2 Å². The summed E-state index contributed by atoms with van der Waals surface area (Å²) in [5, 5.41) is 20.1. The van der Waals surface area contributed by atoms with Crippen molar-refractivity contribution in [1.82, 2.24) is 15.4 Å². The molecule has 5 nitrogen and oxygen atoms in total. The zero-order valence-electron chi connectivity index (χ0n) is 11.8. The Kier molecular flexibility index (Phi) is 4.47. The zero-order valence-corrected chi connectivity index (χ0v) is 13.3. The lowest BCUT2D eigenvalue weighted by atomic mass is 10.1. The lowest BCUT2D eigenvalue weighted by molar-refractivity contribution is 0.306. The Bertz CT molecular complexity index is 886. The summed E-state index contributed by atoms with van der Waals surface area (Å²) in [7, 11) is 0. The third kappa shape index (κ3) is 3.45. The van der Waals surface area contributed by atoms with Gasteiger partial charge in [0.15, 0.2) is 5.69 Å². The van der Waals surface area contributed by atoms with Crippen LogP contribution in [0.15, 0.2) is 42.5 Å². The molecule has 0 saturated heterocycles. The number of nitriles is 1. The molecule has 0 atom stereocenters. The summed E-state index contributed by atoms with van der Waals surface area (Å²) in [6, 6.07) is 14.7. The zero-order chi connectivity index (χ0) is 16.2. The van der Waals surface area contributed by atoms with Crippen LogP contribution in [0.4, 0.5) is 0 Å². The number of benzene rings is 2. The van der Waals surface area contributed by atoms with E-state index in [1.807, 2.05) is 30.3 Å². The van der Waals surface area contributed by atoms with E-state index in [1.165, 1.54) is 0 Å². The molecule has 114 valence electrons. The van der Waals surface area contributed by atoms with Gasteiger partial charge in [-0.3, -0.25) is 0 Å². The minimum absolute atomic E-state index is 0.326. The first-order valence-electron chi connectivity index (χ1n) is 6.65. The minimum atomic E-state index is 0.326. The second-order valence-corrected chi connectivity index (χ2v) is 5.53. The molecule has 0 radical (unpaired) electrons. The van der Waals surface area contributed by atoms with Crippen LogP contribution in [-0.4, -0.2) is 15.4 Å². The van der Waals surface area contributed by atoms with Gasteiger partial charge in [-0.2, -0.15) is 5.26 Å². The van der Waals surface area contributed by atoms with Crippen molar-refractivity contribution in [2.24, 2.45) is 0 Å². The van der Waals surface area contributed by atoms with Gasteiger partial charge in [-0.15, -0.1) is 5.10 Å². The summed E-state index contributed by atoms with van der Waals surface area (Å²) in [6.45, 7) is 0.353. The summed E-state index contributed by atoms with van der Waals surface area (Å²) < 4.78 is 5.70. The molecule has 1 N–H and O–H groups in total. The van der Waals surface area contributed by atoms with Gasteiger partial charge >= 0.3 is 0 Å². The Hall–Kier alpha value is -2.55. The average Bonchev–Trinajstić information content (AvgIpc) is 3.05. The third-order valence-electron chi connectivity index (χ3n) is 3.16. The maximum absolute atomic E-state index is 9.03. The third-order valence-corrected chi connectivity index (χ3v) is 3.90. The monoisotopic (exact) mass is 344 g/mol. The SMILES string of the molecule is N#Cc1[nH]nnc1-c1cccc(COc2ccc(Cl)c(Cl)c2)c1. The van der Waals surface area contributed by atoms with Gasteiger partial charge in [-0.25, -0.2) is 5.10 Å². The molecule has 0 aliphatic heterocycles. The molecule has 3 aromatic rings. The summed E-state index contributed by atoms with van der Waals surface area (Å²) in [6.07, 6.45) is 0. The number of aromatic amines is 1. The van der Waals surface area contributed by atoms with Crippen molar-refractivity contribution in [2.75, 3.05) is 0 Å². The number of aromatic nitrogens is 3. The molecule has 0 amide bonds. The second-order valence-electron chi connectivity index (χ2n) is 4.71. The molecule has 0 spiro atoms. The molecule has 1 aromatic heterocycles. The van der Waals surface area contributed by atoms with E-state index in [2.05, 4.69) is 15.4 Å². The van der Waals surface area contributed by atoms with Gasteiger partial charge in [-0.05, 0) is 23.8 Å². The fraction of sp³-hybridized carbons (Fsp3) is 0.0625. The first-order chi connectivity index (χ1) is 11.2. The van der Waals surface area contributed by atoms with Gasteiger partial charge in [0.25, 0.3) is 0 Å². The molecule has 3 rings (SSSR count). The number of hydrogen-bond donors (Lipinski definition) is 1. The molecule has 1 heterocycles. The molecule has 23 heavy (non-hydrogen) atoms. The predicted octanol–water partition coefficient (Wildman–Crippen LogP) is 4.23. The predicted molar refractivity (Wildman–Crippen MR) is 87.3 cm³/mol. The largest absolute Gasteiger partial charge is 0.489 e. The lowest BCUT2D eigenvalue weighted by Gasteiger charge is -2.08. The number of rotatable bonds is 4. The summed E-state index contributed by atoms with van der Waals surface area (Å²) in [4.78, 5) is 0. The summed E-state index contributed by atoms with van der Waals surface area (Å²) in [5.74, 6) is 0.629. The van der Waals surface area contributed by atoms with E-state index in [0.29, 0.717) is 33.8 Å². The van der Waals surface area contributed by atoms with Gasteiger partial charge in [-0.1, -0.05) is 46.6 Å². The fourth-order valence-corrected chi connectivity index (χ4v) is 2.34. The normalized spacial score (nSPS) is 10.3. The molecule has 0 aliphatic carbocycles. The highest BCUT2D eigenvalue weighted by Crippen LogP contribution is 2.27. The van der Waals surface area contributed by atoms with Gasteiger partial charge in [0.2, 0.25) is 0 Å². The Morgan fingerprint density at radius 3 is 2.78 bits per heavy atom. The molecule has 0 saturated carbocycles. The number of nitrogens with one attached hydrogen (secondary N) is 1. The highest BCUT2D eigenvalue weighted by molar-refractivity contribution is 6.42. The smallest absolute Gasteiger partial charge is 0.163 e. The second kappa shape index (κ2) is 6.69. The van der Waals surface area contributed by atoms with E-state index in [1.54, 1.807) is 18.2 Å². The summed E-state index contributed by atoms with van der Waals surface area (Å²) in [5.41, 5.74) is 2.57. The van der Waals surface area contributed by atoms with Crippen LogP contribution >= 0.6 is 23.2 Å². The van der Waals surface area contributed by atoms with E-state index >= 15 is 0 Å². The molecule has 2 aromatic carbocycles. The van der Waals surface area contributed by atoms with Crippen LogP contribution in [0.2, 0.25) is 10.0 Å². The molecule has 0 aliphatic rings. The van der Waals surface area contributed by atoms with Crippen molar-refractivity contribution >= 4 is 23.2 Å². The highest BCUT2D eigenvalue weighted by Gasteiger charge is 2.10. The van der Waals surface area contributed by atoms with E-state index in [9.17, 15) is 0 Å². The van der Waals surface area contributed by atoms with Crippen LogP contribution < -0.4 is 4.74 Å². The average molecular weight is 345 g/mol. The number of H-pyrrole nitrogens is 1. The van der Waals surface area contributed by atoms with Crippen LogP contribution in [0.5, 0.6) is 5.75 Å². The number of ether oxygens (including phenoxy) is 1. The molecule has 7 heteroatoms. The van der Waals surface area contributed by atoms with E-state index in [-0.39, 0.29) is 0 Å². The van der Waals surface area contributed by atoms with Crippen LogP contribution in [0.1, 0.15) is 11.3 Å². The number of hydrogen-bond acceptors (Lipinski definition) is 4. The Labute approximate surface area is 142 Å². The van der Waals surface area contributed by atoms with Crippen LogP contribution in [0, 0.1) is 11.3 Å². The Morgan fingerprint density at radius 2 is 2.00 bits per heavy atom. The molecule has 0 bridgehead atoms. The fourth-order valence-electron chi connectivity index (χ4n) is 2.05. The van der Waals surface area contributed by atoms with E-state index < -0.39 is 0 Å². The first kappa shape index (κ1) is 15.3. The van der Waals surface area contributed by atoms with Gasteiger partial charge in [0.05, 0.1) is 10.0 Å². The quantitative estimate of drug-likeness (QED) is 0.768. The highest BCUT2D eigenvalue weighted by atomic mass is 35.5. The molecular weight excluding hydrogens is 335 g/mol. The van der Waals surface area contributed by atoms with Crippen molar-refractivity contribution in [2.45, 2.75) is 6.61 Å². The van der Waals surface area contributed by atoms with Crippen LogP contribution in [0.25, 0.3) is 11.3 Å². The number of nitrogens with zero attached hydrogens (tertiary/aromatic N) is 3. The van der Waals surface area contributed by atoms with Gasteiger partial charge in [0.1, 0.15) is 24.1 Å². The summed E-state index contributed by atoms with van der Waals surface area (Å²) >= 11 is 11.8. The Balaban J connectivity index is 1.78. The number of halogens is 2. The Morgan fingerprint density at radius 1 is 1.13 bits per heavy atom. The van der Waals surface area contributed by atoms with Crippen molar-refractivity contribution in [1.29, 1.82) is 5.26 Å². The van der Waals surface area contributed by atoms with Crippen LogP contribution in [0.3, 0.4) is 0 Å². The molecule has 0 fully saturated rings. The van der Waals surface area contributed by atoms with Crippen LogP contribution in [-0.2, 0) is 6.61 Å². The maximum Gasteiger partial charge on any atom is 0.163 e. The van der Waals surface area contributed by atoms with Crippen molar-refractivity contribution in [3.8, 4) is 23.1 Å². The topological polar surface area (TPSA) is 74.6 Å². The van der Waals surface area contributed by atoms with Crippen molar-refractivity contribution < 1.29 is 4.74 Å². The van der Waals surface area contributed by atoms with Crippen molar-refractivity contribution in [3.63, 3.8) is 0 Å². The molecular formula is C16H10Cl2N4O.